The summed E-state index contributed by atoms with van der Waals surface area (Å²) >= 11 is 11.8. The molecule has 0 spiro atoms. The van der Waals surface area contributed by atoms with E-state index >= 15 is 0 Å². The van der Waals surface area contributed by atoms with E-state index in [1.807, 2.05) is 0 Å². The Labute approximate surface area is 161 Å². The van der Waals surface area contributed by atoms with Gasteiger partial charge in [0.15, 0.2) is 6.10 Å². The standard InChI is InChI=1S/C19H17Cl2NO4/c1-12(19(24)22-17-9-6-14(20)11-16(17)21)26-18(23)10-5-13-3-7-15(25-2)8-4-13/h3-12H,1-2H3,(H,22,24). The molecule has 0 radical (unpaired) electrons. The van der Waals surface area contributed by atoms with Gasteiger partial charge >= 0.3 is 5.97 Å². The summed E-state index contributed by atoms with van der Waals surface area (Å²) in [6, 6.07) is 11.8. The van der Waals surface area contributed by atoms with Crippen molar-refractivity contribution in [2.24, 2.45) is 0 Å². The van der Waals surface area contributed by atoms with Crippen LogP contribution in [-0.2, 0) is 14.3 Å². The minimum absolute atomic E-state index is 0.295. The predicted octanol–water partition coefficient (Wildman–Crippen LogP) is 4.59. The molecule has 2 aromatic carbocycles. The van der Waals surface area contributed by atoms with Gasteiger partial charge in [0.1, 0.15) is 5.75 Å². The van der Waals surface area contributed by atoms with Gasteiger partial charge in [-0.3, -0.25) is 4.79 Å². The maximum absolute atomic E-state index is 12.1. The van der Waals surface area contributed by atoms with Gasteiger partial charge in [-0.1, -0.05) is 35.3 Å². The first-order valence-electron chi connectivity index (χ1n) is 7.67. The lowest BCUT2D eigenvalue weighted by molar-refractivity contribution is -0.148. The highest BCUT2D eigenvalue weighted by molar-refractivity contribution is 6.36. The van der Waals surface area contributed by atoms with E-state index < -0.39 is 18.0 Å². The van der Waals surface area contributed by atoms with E-state index in [0.29, 0.717) is 15.7 Å². The topological polar surface area (TPSA) is 64.6 Å². The first-order valence-corrected chi connectivity index (χ1v) is 8.43. The number of rotatable bonds is 6. The smallest absolute Gasteiger partial charge is 0.331 e. The average Bonchev–Trinajstić information content (AvgIpc) is 2.62. The highest BCUT2D eigenvalue weighted by atomic mass is 35.5. The monoisotopic (exact) mass is 393 g/mol. The summed E-state index contributed by atoms with van der Waals surface area (Å²) in [5.74, 6) is -0.415. The lowest BCUT2D eigenvalue weighted by Crippen LogP contribution is -2.29. The van der Waals surface area contributed by atoms with Gasteiger partial charge in [0.2, 0.25) is 0 Å². The highest BCUT2D eigenvalue weighted by Crippen LogP contribution is 2.25. The third-order valence-electron chi connectivity index (χ3n) is 3.38. The van der Waals surface area contributed by atoms with E-state index in [-0.39, 0.29) is 0 Å². The number of methoxy groups -OCH3 is 1. The molecule has 2 aromatic rings. The molecule has 0 aliphatic carbocycles. The number of anilines is 1. The van der Waals surface area contributed by atoms with Crippen molar-refractivity contribution in [2.75, 3.05) is 12.4 Å². The van der Waals surface area contributed by atoms with Crippen LogP contribution in [0.4, 0.5) is 5.69 Å². The van der Waals surface area contributed by atoms with E-state index in [2.05, 4.69) is 5.32 Å². The third-order valence-corrected chi connectivity index (χ3v) is 3.93. The molecule has 136 valence electrons. The molecule has 0 aliphatic heterocycles. The fourth-order valence-electron chi connectivity index (χ4n) is 1.97. The normalized spacial score (nSPS) is 11.8. The summed E-state index contributed by atoms with van der Waals surface area (Å²) in [7, 11) is 1.58. The number of halogens is 2. The highest BCUT2D eigenvalue weighted by Gasteiger charge is 2.17. The Hall–Kier alpha value is -2.50. The fraction of sp³-hybridized carbons (Fsp3) is 0.158. The van der Waals surface area contributed by atoms with Crippen molar-refractivity contribution >= 4 is 46.8 Å². The molecule has 1 amide bonds. The third kappa shape index (κ3) is 5.79. The number of nitrogens with one attached hydrogen (secondary N) is 1. The molecule has 0 heterocycles. The molecular formula is C19H17Cl2NO4. The zero-order valence-electron chi connectivity index (χ0n) is 14.2. The Bertz CT molecular complexity index is 819. The van der Waals surface area contributed by atoms with Crippen molar-refractivity contribution in [3.8, 4) is 5.75 Å². The summed E-state index contributed by atoms with van der Waals surface area (Å²) in [5, 5.41) is 3.33. The van der Waals surface area contributed by atoms with Crippen molar-refractivity contribution in [3.63, 3.8) is 0 Å². The molecule has 7 heteroatoms. The Morgan fingerprint density at radius 1 is 1.12 bits per heavy atom. The minimum Gasteiger partial charge on any atom is -0.497 e. The van der Waals surface area contributed by atoms with Crippen LogP contribution in [0.1, 0.15) is 12.5 Å². The number of amides is 1. The number of ether oxygens (including phenoxy) is 2. The van der Waals surface area contributed by atoms with Crippen molar-refractivity contribution in [1.29, 1.82) is 0 Å². The van der Waals surface area contributed by atoms with Gasteiger partial charge in [-0.15, -0.1) is 0 Å². The summed E-state index contributed by atoms with van der Waals surface area (Å²) in [5.41, 5.74) is 1.19. The molecule has 26 heavy (non-hydrogen) atoms. The Kier molecular flexibility index (Phi) is 7.06. The Morgan fingerprint density at radius 2 is 1.81 bits per heavy atom. The van der Waals surface area contributed by atoms with Crippen molar-refractivity contribution in [2.45, 2.75) is 13.0 Å². The molecule has 1 atom stereocenters. The Morgan fingerprint density at radius 3 is 2.42 bits per heavy atom. The van der Waals surface area contributed by atoms with Gasteiger partial charge < -0.3 is 14.8 Å². The number of hydrogen-bond donors (Lipinski definition) is 1. The number of esters is 1. The number of benzene rings is 2. The van der Waals surface area contributed by atoms with E-state index in [4.69, 9.17) is 32.7 Å². The number of hydrogen-bond acceptors (Lipinski definition) is 4. The van der Waals surface area contributed by atoms with Gasteiger partial charge in [-0.25, -0.2) is 4.79 Å². The molecule has 5 nitrogen and oxygen atoms in total. The van der Waals surface area contributed by atoms with Gasteiger partial charge in [0.05, 0.1) is 17.8 Å². The molecular weight excluding hydrogens is 377 g/mol. The molecule has 0 aliphatic rings. The van der Waals surface area contributed by atoms with Crippen LogP contribution in [-0.4, -0.2) is 25.1 Å². The van der Waals surface area contributed by atoms with E-state index in [0.717, 1.165) is 11.3 Å². The predicted molar refractivity (Wildman–Crippen MR) is 103 cm³/mol. The van der Waals surface area contributed by atoms with Gasteiger partial charge in [0.25, 0.3) is 5.91 Å². The van der Waals surface area contributed by atoms with Gasteiger partial charge in [-0.2, -0.15) is 0 Å². The summed E-state index contributed by atoms with van der Waals surface area (Å²) in [4.78, 5) is 24.0. The fourth-order valence-corrected chi connectivity index (χ4v) is 2.43. The SMILES string of the molecule is COc1ccc(C=CC(=O)OC(C)C(=O)Nc2ccc(Cl)cc2Cl)cc1. The van der Waals surface area contributed by atoms with Crippen molar-refractivity contribution in [3.05, 3.63) is 64.1 Å². The average molecular weight is 394 g/mol. The van der Waals surface area contributed by atoms with Crippen LogP contribution in [0, 0.1) is 0 Å². The summed E-state index contributed by atoms with van der Waals surface area (Å²) < 4.78 is 10.1. The maximum Gasteiger partial charge on any atom is 0.331 e. The second-order valence-corrected chi connectivity index (χ2v) is 6.14. The number of carbonyl (C=O) groups excluding carboxylic acids is 2. The van der Waals surface area contributed by atoms with Crippen LogP contribution in [0.2, 0.25) is 10.0 Å². The molecule has 0 saturated heterocycles. The molecule has 0 bridgehead atoms. The first kappa shape index (κ1) is 19.8. The second-order valence-electron chi connectivity index (χ2n) is 5.30. The van der Waals surface area contributed by atoms with E-state index in [1.165, 1.54) is 19.1 Å². The van der Waals surface area contributed by atoms with Crippen LogP contribution >= 0.6 is 23.2 Å². The molecule has 0 saturated carbocycles. The van der Waals surface area contributed by atoms with Gasteiger partial charge in [0, 0.05) is 11.1 Å². The van der Waals surface area contributed by atoms with Crippen molar-refractivity contribution < 1.29 is 19.1 Å². The molecule has 0 fully saturated rings. The lowest BCUT2D eigenvalue weighted by Gasteiger charge is -2.13. The van der Waals surface area contributed by atoms with Crippen LogP contribution in [0.25, 0.3) is 6.08 Å². The van der Waals surface area contributed by atoms with Gasteiger partial charge in [-0.05, 0) is 48.9 Å². The lowest BCUT2D eigenvalue weighted by atomic mass is 10.2. The number of carbonyl (C=O) groups is 2. The Balaban J connectivity index is 1.90. The summed E-state index contributed by atoms with van der Waals surface area (Å²) in [6.07, 6.45) is 1.85. The van der Waals surface area contributed by atoms with Crippen LogP contribution in [0.5, 0.6) is 5.75 Å². The molecule has 1 unspecified atom stereocenters. The van der Waals surface area contributed by atoms with Crippen molar-refractivity contribution in [1.82, 2.24) is 0 Å². The zero-order valence-corrected chi connectivity index (χ0v) is 15.7. The molecule has 0 aromatic heterocycles. The molecule has 1 N–H and O–H groups in total. The van der Waals surface area contributed by atoms with Crippen LogP contribution in [0.15, 0.2) is 48.5 Å². The second kappa shape index (κ2) is 9.27. The maximum atomic E-state index is 12.1. The van der Waals surface area contributed by atoms with E-state index in [1.54, 1.807) is 49.6 Å². The first-order chi connectivity index (χ1) is 12.4. The zero-order chi connectivity index (χ0) is 19.1. The summed E-state index contributed by atoms with van der Waals surface area (Å²) in [6.45, 7) is 1.47. The van der Waals surface area contributed by atoms with E-state index in [9.17, 15) is 9.59 Å². The largest absolute Gasteiger partial charge is 0.497 e. The minimum atomic E-state index is -0.991. The quantitative estimate of drug-likeness (QED) is 0.575. The molecule has 2 rings (SSSR count). The van der Waals surface area contributed by atoms with Crippen LogP contribution < -0.4 is 10.1 Å². The van der Waals surface area contributed by atoms with Crippen LogP contribution in [0.3, 0.4) is 0 Å².